The van der Waals surface area contributed by atoms with Crippen molar-refractivity contribution in [1.29, 1.82) is 0 Å². The molecule has 4 rings (SSSR count). The monoisotopic (exact) mass is 295 g/mol. The van der Waals surface area contributed by atoms with Crippen LogP contribution in [0.2, 0.25) is 0 Å². The van der Waals surface area contributed by atoms with Gasteiger partial charge in [-0.15, -0.1) is 22.7 Å². The van der Waals surface area contributed by atoms with Crippen LogP contribution in [0.1, 0.15) is 0 Å². The molecular formula is C15H9N3S2. The van der Waals surface area contributed by atoms with E-state index in [9.17, 15) is 0 Å². The van der Waals surface area contributed by atoms with Crippen LogP contribution in [0.25, 0.3) is 31.4 Å². The number of nitrogens with zero attached hydrogens (tertiary/aromatic N) is 3. The van der Waals surface area contributed by atoms with Gasteiger partial charge in [-0.05, 0) is 35.7 Å². The maximum Gasteiger partial charge on any atom is 0.125 e. The topological polar surface area (TPSA) is 38.7 Å². The molecule has 4 heterocycles. The third-order valence-corrected chi connectivity index (χ3v) is 4.87. The number of aromatic nitrogens is 3. The zero-order chi connectivity index (χ0) is 13.4. The lowest BCUT2D eigenvalue weighted by Gasteiger charge is -1.96. The lowest BCUT2D eigenvalue weighted by Crippen LogP contribution is -1.78. The van der Waals surface area contributed by atoms with Crippen molar-refractivity contribution in [2.75, 3.05) is 0 Å². The van der Waals surface area contributed by atoms with Crippen molar-refractivity contribution in [1.82, 2.24) is 15.0 Å². The first kappa shape index (κ1) is 11.7. The Balaban J connectivity index is 1.77. The fourth-order valence-electron chi connectivity index (χ4n) is 2.00. The van der Waals surface area contributed by atoms with Crippen molar-refractivity contribution in [3.05, 3.63) is 54.3 Å². The Morgan fingerprint density at radius 1 is 1.00 bits per heavy atom. The molecule has 0 aliphatic heterocycles. The molecule has 0 bridgehead atoms. The number of fused-ring (bicyclic) bond motifs is 1. The predicted octanol–water partition coefficient (Wildman–Crippen LogP) is 4.48. The van der Waals surface area contributed by atoms with Crippen LogP contribution in [-0.4, -0.2) is 15.0 Å². The smallest absolute Gasteiger partial charge is 0.125 e. The second-order valence-electron chi connectivity index (χ2n) is 4.28. The molecule has 3 nitrogen and oxygen atoms in total. The van der Waals surface area contributed by atoms with E-state index in [0.717, 1.165) is 26.0 Å². The highest BCUT2D eigenvalue weighted by Crippen LogP contribution is 2.32. The van der Waals surface area contributed by atoms with E-state index in [2.05, 4.69) is 38.5 Å². The van der Waals surface area contributed by atoms with Gasteiger partial charge < -0.3 is 0 Å². The van der Waals surface area contributed by atoms with Crippen LogP contribution in [0.15, 0.2) is 54.3 Å². The maximum absolute atomic E-state index is 4.69. The van der Waals surface area contributed by atoms with E-state index in [4.69, 9.17) is 0 Å². The Kier molecular flexibility index (Phi) is 2.79. The van der Waals surface area contributed by atoms with Crippen LogP contribution in [0.3, 0.4) is 0 Å². The fourth-order valence-corrected chi connectivity index (χ4v) is 3.64. The average molecular weight is 295 g/mol. The Morgan fingerprint density at radius 3 is 2.90 bits per heavy atom. The summed E-state index contributed by atoms with van der Waals surface area (Å²) in [5, 5.41) is 4.23. The summed E-state index contributed by atoms with van der Waals surface area (Å²) in [5.41, 5.74) is 2.02. The molecule has 0 fully saturated rings. The minimum Gasteiger partial charge on any atom is -0.264 e. The van der Waals surface area contributed by atoms with Gasteiger partial charge in [0.25, 0.3) is 0 Å². The first-order chi connectivity index (χ1) is 9.90. The minimum absolute atomic E-state index is 0.973. The highest BCUT2D eigenvalue weighted by molar-refractivity contribution is 7.18. The van der Waals surface area contributed by atoms with Crippen LogP contribution in [0, 0.1) is 0 Å². The standard InChI is InChI=1S/C15H9N3S2/c1-2-11(8-16-6-1)14-17-9-13(20-14)12-4-3-10-5-7-19-15(10)18-12/h1-9H. The summed E-state index contributed by atoms with van der Waals surface area (Å²) in [6, 6.07) is 10.2. The zero-order valence-electron chi connectivity index (χ0n) is 10.4. The van der Waals surface area contributed by atoms with Gasteiger partial charge in [-0.25, -0.2) is 9.97 Å². The van der Waals surface area contributed by atoms with E-state index in [1.807, 2.05) is 24.5 Å². The van der Waals surface area contributed by atoms with E-state index >= 15 is 0 Å². The van der Waals surface area contributed by atoms with Crippen molar-refractivity contribution < 1.29 is 0 Å². The first-order valence-electron chi connectivity index (χ1n) is 6.11. The number of hydrogen-bond donors (Lipinski definition) is 0. The SMILES string of the molecule is c1cncc(-c2ncc(-c3ccc4ccsc4n3)s2)c1. The third-order valence-electron chi connectivity index (χ3n) is 2.98. The molecule has 0 saturated carbocycles. The van der Waals surface area contributed by atoms with Gasteiger partial charge in [0.2, 0.25) is 0 Å². The quantitative estimate of drug-likeness (QED) is 0.547. The molecule has 20 heavy (non-hydrogen) atoms. The molecule has 0 unspecified atom stereocenters. The highest BCUT2D eigenvalue weighted by atomic mass is 32.1. The molecule has 96 valence electrons. The average Bonchev–Trinajstić information content (AvgIpc) is 3.16. The third kappa shape index (κ3) is 2.01. The molecule has 0 aromatic carbocycles. The summed E-state index contributed by atoms with van der Waals surface area (Å²) in [6.45, 7) is 0. The van der Waals surface area contributed by atoms with Gasteiger partial charge >= 0.3 is 0 Å². The molecule has 5 heteroatoms. The van der Waals surface area contributed by atoms with Crippen LogP contribution in [0.5, 0.6) is 0 Å². The Hall–Kier alpha value is -2.11. The first-order valence-corrected chi connectivity index (χ1v) is 7.81. The molecule has 4 aromatic rings. The number of thiazole rings is 1. The summed E-state index contributed by atoms with van der Waals surface area (Å²) in [4.78, 5) is 15.4. The summed E-state index contributed by atoms with van der Waals surface area (Å²) in [5.74, 6) is 0. The molecule has 0 amide bonds. The van der Waals surface area contributed by atoms with E-state index in [1.54, 1.807) is 28.9 Å². The zero-order valence-corrected chi connectivity index (χ0v) is 12.0. The lowest BCUT2D eigenvalue weighted by molar-refractivity contribution is 1.31. The van der Waals surface area contributed by atoms with Crippen LogP contribution >= 0.6 is 22.7 Å². The van der Waals surface area contributed by atoms with Crippen LogP contribution in [-0.2, 0) is 0 Å². The molecule has 0 N–H and O–H groups in total. The summed E-state index contributed by atoms with van der Waals surface area (Å²) >= 11 is 3.30. The van der Waals surface area contributed by atoms with Gasteiger partial charge in [-0.3, -0.25) is 4.98 Å². The van der Waals surface area contributed by atoms with Gasteiger partial charge in [0.05, 0.1) is 10.6 Å². The van der Waals surface area contributed by atoms with Crippen molar-refractivity contribution in [2.24, 2.45) is 0 Å². The number of pyridine rings is 2. The van der Waals surface area contributed by atoms with Crippen LogP contribution < -0.4 is 0 Å². The van der Waals surface area contributed by atoms with Crippen molar-refractivity contribution in [2.45, 2.75) is 0 Å². The highest BCUT2D eigenvalue weighted by Gasteiger charge is 2.08. The molecule has 0 spiro atoms. The lowest BCUT2D eigenvalue weighted by atomic mass is 10.3. The van der Waals surface area contributed by atoms with Gasteiger partial charge in [-0.2, -0.15) is 0 Å². The molecule has 0 radical (unpaired) electrons. The number of hydrogen-bond acceptors (Lipinski definition) is 5. The molecule has 0 aliphatic rings. The van der Waals surface area contributed by atoms with Crippen molar-refractivity contribution in [3.63, 3.8) is 0 Å². The Morgan fingerprint density at radius 2 is 2.00 bits per heavy atom. The Bertz CT molecular complexity index is 865. The molecule has 0 aliphatic carbocycles. The molecule has 0 saturated heterocycles. The molecule has 0 atom stereocenters. The van der Waals surface area contributed by atoms with E-state index in [-0.39, 0.29) is 0 Å². The summed E-state index contributed by atoms with van der Waals surface area (Å²) in [7, 11) is 0. The largest absolute Gasteiger partial charge is 0.264 e. The second-order valence-corrected chi connectivity index (χ2v) is 6.21. The van der Waals surface area contributed by atoms with Crippen LogP contribution in [0.4, 0.5) is 0 Å². The maximum atomic E-state index is 4.69. The van der Waals surface area contributed by atoms with Gasteiger partial charge in [0, 0.05) is 29.5 Å². The minimum atomic E-state index is 0.973. The van der Waals surface area contributed by atoms with Crippen molar-refractivity contribution in [3.8, 4) is 21.1 Å². The normalized spacial score (nSPS) is 11.0. The number of thiophene rings is 1. The molecule has 4 aromatic heterocycles. The summed E-state index contributed by atoms with van der Waals surface area (Å²) < 4.78 is 0. The van der Waals surface area contributed by atoms with E-state index < -0.39 is 0 Å². The van der Waals surface area contributed by atoms with E-state index in [1.165, 1.54) is 5.39 Å². The number of rotatable bonds is 2. The van der Waals surface area contributed by atoms with E-state index in [0.29, 0.717) is 0 Å². The summed E-state index contributed by atoms with van der Waals surface area (Å²) in [6.07, 6.45) is 5.48. The van der Waals surface area contributed by atoms with Gasteiger partial charge in [-0.1, -0.05) is 0 Å². The Labute approximate surface area is 123 Å². The molecular weight excluding hydrogens is 286 g/mol. The van der Waals surface area contributed by atoms with Crippen molar-refractivity contribution >= 4 is 32.9 Å². The fraction of sp³-hybridized carbons (Fsp3) is 0. The second kappa shape index (κ2) is 4.77. The van der Waals surface area contributed by atoms with Gasteiger partial charge in [0.15, 0.2) is 0 Å². The van der Waals surface area contributed by atoms with Gasteiger partial charge in [0.1, 0.15) is 9.84 Å². The predicted molar refractivity (Wildman–Crippen MR) is 84.0 cm³/mol.